The Kier molecular flexibility index (Phi) is 6.51. The molecule has 0 bridgehead atoms. The fraction of sp³-hybridized carbons (Fsp3) is 0.0652. The van der Waals surface area contributed by atoms with Crippen LogP contribution in [0.4, 0.5) is 0 Å². The summed E-state index contributed by atoms with van der Waals surface area (Å²) in [5, 5.41) is 2.53. The van der Waals surface area contributed by atoms with Crippen molar-refractivity contribution in [3.05, 3.63) is 181 Å². The van der Waals surface area contributed by atoms with Crippen LogP contribution in [-0.2, 0) is 5.41 Å². The molecule has 2 nitrogen and oxygen atoms in total. The second-order valence-corrected chi connectivity index (χ2v) is 13.2. The zero-order chi connectivity index (χ0) is 32.2. The van der Waals surface area contributed by atoms with E-state index in [1.54, 1.807) is 0 Å². The maximum Gasteiger partial charge on any atom is 0.145 e. The van der Waals surface area contributed by atoms with Crippen LogP contribution in [0.1, 0.15) is 25.0 Å². The van der Waals surface area contributed by atoms with Crippen molar-refractivity contribution >= 4 is 10.8 Å². The maximum absolute atomic E-state index is 5.40. The number of imidazole rings is 1. The predicted molar refractivity (Wildman–Crippen MR) is 200 cm³/mol. The molecule has 2 heteroatoms. The summed E-state index contributed by atoms with van der Waals surface area (Å²) in [4.78, 5) is 5.40. The highest BCUT2D eigenvalue weighted by atomic mass is 15.1. The monoisotopic (exact) mass is 614 g/mol. The van der Waals surface area contributed by atoms with Gasteiger partial charge in [-0.2, -0.15) is 0 Å². The molecule has 1 aliphatic carbocycles. The van der Waals surface area contributed by atoms with Crippen LogP contribution < -0.4 is 0 Å². The second kappa shape index (κ2) is 11.1. The summed E-state index contributed by atoms with van der Waals surface area (Å²) >= 11 is 0. The molecule has 1 aromatic heterocycles. The third-order valence-electron chi connectivity index (χ3n) is 10.0. The molecular weight excluding hydrogens is 581 g/mol. The average molecular weight is 615 g/mol. The van der Waals surface area contributed by atoms with Crippen molar-refractivity contribution in [3.8, 4) is 61.8 Å². The van der Waals surface area contributed by atoms with Crippen molar-refractivity contribution in [1.82, 2.24) is 9.55 Å². The summed E-state index contributed by atoms with van der Waals surface area (Å²) in [6.07, 6.45) is 0. The molecule has 7 aromatic carbocycles. The normalized spacial score (nSPS) is 13.0. The van der Waals surface area contributed by atoms with Crippen molar-refractivity contribution in [3.63, 3.8) is 0 Å². The van der Waals surface area contributed by atoms with Gasteiger partial charge in [0.2, 0.25) is 0 Å². The summed E-state index contributed by atoms with van der Waals surface area (Å²) in [5.41, 5.74) is 14.1. The SMILES string of the molecule is CC1(C)c2ccc(-c3ccc4ccccc4c3)cc2-c2ccc(-n3c(-c4ccccc4)nc(-c4ccccc4)c3-c3ccccc3)cc21. The minimum atomic E-state index is -0.161. The molecule has 1 aliphatic rings. The van der Waals surface area contributed by atoms with Crippen LogP contribution >= 0.6 is 0 Å². The zero-order valence-electron chi connectivity index (χ0n) is 27.1. The highest BCUT2D eigenvalue weighted by molar-refractivity contribution is 5.90. The van der Waals surface area contributed by atoms with Gasteiger partial charge in [0.15, 0.2) is 0 Å². The molecule has 0 spiro atoms. The van der Waals surface area contributed by atoms with Gasteiger partial charge in [-0.25, -0.2) is 4.98 Å². The van der Waals surface area contributed by atoms with Crippen LogP contribution in [0.2, 0.25) is 0 Å². The third kappa shape index (κ3) is 4.52. The van der Waals surface area contributed by atoms with Crippen molar-refractivity contribution in [2.75, 3.05) is 0 Å². The Balaban J connectivity index is 1.25. The largest absolute Gasteiger partial charge is 0.292 e. The van der Waals surface area contributed by atoms with Gasteiger partial charge in [-0.1, -0.05) is 159 Å². The fourth-order valence-corrected chi connectivity index (χ4v) is 7.54. The van der Waals surface area contributed by atoms with Crippen molar-refractivity contribution < 1.29 is 0 Å². The molecule has 0 atom stereocenters. The Hall–Kier alpha value is -5.99. The van der Waals surface area contributed by atoms with Crippen LogP contribution in [0.5, 0.6) is 0 Å². The Morgan fingerprint density at radius 3 is 1.77 bits per heavy atom. The quantitative estimate of drug-likeness (QED) is 0.189. The lowest BCUT2D eigenvalue weighted by Crippen LogP contribution is -2.15. The van der Waals surface area contributed by atoms with Crippen LogP contribution in [0.15, 0.2) is 170 Å². The van der Waals surface area contributed by atoms with Gasteiger partial charge in [0.05, 0.1) is 11.4 Å². The lowest BCUT2D eigenvalue weighted by Gasteiger charge is -2.23. The molecule has 1 heterocycles. The van der Waals surface area contributed by atoms with E-state index in [1.165, 1.54) is 44.2 Å². The minimum Gasteiger partial charge on any atom is -0.292 e. The van der Waals surface area contributed by atoms with Gasteiger partial charge in [0, 0.05) is 27.8 Å². The first-order valence-corrected chi connectivity index (χ1v) is 16.6. The van der Waals surface area contributed by atoms with E-state index in [0.29, 0.717) is 0 Å². The van der Waals surface area contributed by atoms with Gasteiger partial charge in [0.25, 0.3) is 0 Å². The van der Waals surface area contributed by atoms with Gasteiger partial charge in [-0.3, -0.25) is 4.57 Å². The van der Waals surface area contributed by atoms with Crippen LogP contribution in [0.3, 0.4) is 0 Å². The third-order valence-corrected chi connectivity index (χ3v) is 10.0. The number of hydrogen-bond donors (Lipinski definition) is 0. The van der Waals surface area contributed by atoms with Gasteiger partial charge in [-0.05, 0) is 68.4 Å². The Bertz CT molecular complexity index is 2450. The molecule has 8 aromatic rings. The summed E-state index contributed by atoms with van der Waals surface area (Å²) in [6.45, 7) is 4.72. The zero-order valence-corrected chi connectivity index (χ0v) is 27.1. The van der Waals surface area contributed by atoms with Gasteiger partial charge in [0.1, 0.15) is 5.82 Å². The lowest BCUT2D eigenvalue weighted by molar-refractivity contribution is 0.660. The van der Waals surface area contributed by atoms with E-state index in [9.17, 15) is 0 Å². The van der Waals surface area contributed by atoms with Crippen molar-refractivity contribution in [2.45, 2.75) is 19.3 Å². The number of aromatic nitrogens is 2. The molecule has 228 valence electrons. The summed E-state index contributed by atoms with van der Waals surface area (Å²) in [6, 6.07) is 61.2. The van der Waals surface area contributed by atoms with Crippen molar-refractivity contribution in [1.29, 1.82) is 0 Å². The summed E-state index contributed by atoms with van der Waals surface area (Å²) in [7, 11) is 0. The molecule has 0 aliphatic heterocycles. The molecule has 0 unspecified atom stereocenters. The standard InChI is InChI=1S/C46H34N2/c1-46(2)41-27-24-37(36-23-22-31-14-12-13-21-35(31)28-36)29-40(41)39-26-25-38(30-42(39)46)48-44(33-17-8-4-9-18-33)43(32-15-6-3-7-16-32)47-45(48)34-19-10-5-11-20-34/h3-30H,1-2H3. The molecule has 0 saturated heterocycles. The number of fused-ring (bicyclic) bond motifs is 4. The Morgan fingerprint density at radius 1 is 0.438 bits per heavy atom. The van der Waals surface area contributed by atoms with E-state index in [-0.39, 0.29) is 5.41 Å². The Morgan fingerprint density at radius 2 is 1.04 bits per heavy atom. The molecule has 0 amide bonds. The van der Waals surface area contributed by atoms with E-state index >= 15 is 0 Å². The molecule has 0 N–H and O–H groups in total. The van der Waals surface area contributed by atoms with Gasteiger partial charge >= 0.3 is 0 Å². The fourth-order valence-electron chi connectivity index (χ4n) is 7.54. The molecule has 9 rings (SSSR count). The van der Waals surface area contributed by atoms with Gasteiger partial charge in [-0.15, -0.1) is 0 Å². The summed E-state index contributed by atoms with van der Waals surface area (Å²) in [5.74, 6) is 0.931. The molecule has 0 fully saturated rings. The highest BCUT2D eigenvalue weighted by Gasteiger charge is 2.36. The first-order chi connectivity index (χ1) is 23.6. The smallest absolute Gasteiger partial charge is 0.145 e. The number of rotatable bonds is 5. The van der Waals surface area contributed by atoms with E-state index in [0.717, 1.165) is 39.6 Å². The van der Waals surface area contributed by atoms with Crippen LogP contribution in [0.25, 0.3) is 72.6 Å². The topological polar surface area (TPSA) is 17.8 Å². The Labute approximate surface area is 281 Å². The van der Waals surface area contributed by atoms with Crippen molar-refractivity contribution in [2.24, 2.45) is 0 Å². The lowest BCUT2D eigenvalue weighted by atomic mass is 9.82. The average Bonchev–Trinajstić information content (AvgIpc) is 3.65. The maximum atomic E-state index is 5.40. The van der Waals surface area contributed by atoms with Crippen LogP contribution in [-0.4, -0.2) is 9.55 Å². The first-order valence-electron chi connectivity index (χ1n) is 16.6. The number of hydrogen-bond acceptors (Lipinski definition) is 1. The second-order valence-electron chi connectivity index (χ2n) is 13.2. The van der Waals surface area contributed by atoms with E-state index in [1.807, 2.05) is 0 Å². The molecular formula is C46H34N2. The van der Waals surface area contributed by atoms with E-state index in [4.69, 9.17) is 4.98 Å². The molecule has 0 radical (unpaired) electrons. The van der Waals surface area contributed by atoms with E-state index < -0.39 is 0 Å². The highest BCUT2D eigenvalue weighted by Crippen LogP contribution is 2.51. The van der Waals surface area contributed by atoms with E-state index in [2.05, 4.69) is 188 Å². The molecule has 0 saturated carbocycles. The minimum absolute atomic E-state index is 0.161. The first kappa shape index (κ1) is 28.3. The predicted octanol–water partition coefficient (Wildman–Crippen LogP) is 12.0. The number of benzene rings is 7. The van der Waals surface area contributed by atoms with Crippen LogP contribution in [0, 0.1) is 0 Å². The summed E-state index contributed by atoms with van der Waals surface area (Å²) < 4.78 is 2.37. The molecule has 48 heavy (non-hydrogen) atoms. The van der Waals surface area contributed by atoms with Gasteiger partial charge < -0.3 is 0 Å². The number of nitrogens with zero attached hydrogens (tertiary/aromatic N) is 2.